The number of hydrogen-bond donors (Lipinski definition) is 1. The number of carbonyl (C=O) groups excluding carboxylic acids is 1. The van der Waals surface area contributed by atoms with Gasteiger partial charge in [-0.1, -0.05) is 0 Å². The highest BCUT2D eigenvalue weighted by atomic mass is 16.5. The van der Waals surface area contributed by atoms with Crippen molar-refractivity contribution in [1.29, 1.82) is 0 Å². The summed E-state index contributed by atoms with van der Waals surface area (Å²) in [5, 5.41) is 3.54. The van der Waals surface area contributed by atoms with Gasteiger partial charge in [0.15, 0.2) is 0 Å². The van der Waals surface area contributed by atoms with E-state index in [1.54, 1.807) is 12.1 Å². The molecule has 1 saturated heterocycles. The fourth-order valence-corrected chi connectivity index (χ4v) is 2.48. The molecule has 1 N–H and O–H groups in total. The molecule has 1 fully saturated rings. The molecule has 2 unspecified atom stereocenters. The molecule has 0 aliphatic carbocycles. The third kappa shape index (κ3) is 3.47. The van der Waals surface area contributed by atoms with Gasteiger partial charge in [0, 0.05) is 24.3 Å². The number of ether oxygens (including phenoxy) is 1. The highest BCUT2D eigenvalue weighted by Gasteiger charge is 2.22. The zero-order chi connectivity index (χ0) is 13.8. The first kappa shape index (κ1) is 13.9. The molecule has 1 heterocycles. The van der Waals surface area contributed by atoms with Crippen LogP contribution < -0.4 is 5.32 Å². The lowest BCUT2D eigenvalue weighted by Crippen LogP contribution is -2.42. The average molecular weight is 262 g/mol. The Balaban J connectivity index is 1.94. The van der Waals surface area contributed by atoms with Crippen LogP contribution in [-0.2, 0) is 4.74 Å². The van der Waals surface area contributed by atoms with Crippen LogP contribution in [0.2, 0.25) is 0 Å². The smallest absolute Gasteiger partial charge is 0.337 e. The number of nitrogens with one attached hydrogen (secondary N) is 1. The van der Waals surface area contributed by atoms with Gasteiger partial charge in [0.05, 0.1) is 12.7 Å². The number of esters is 1. The van der Waals surface area contributed by atoms with Crippen molar-refractivity contribution in [1.82, 2.24) is 4.90 Å². The highest BCUT2D eigenvalue weighted by molar-refractivity contribution is 5.89. The molecule has 1 aliphatic rings. The monoisotopic (exact) mass is 262 g/mol. The van der Waals surface area contributed by atoms with Crippen LogP contribution >= 0.6 is 0 Å². The zero-order valence-corrected chi connectivity index (χ0v) is 11.8. The van der Waals surface area contributed by atoms with Crippen molar-refractivity contribution in [2.24, 2.45) is 0 Å². The van der Waals surface area contributed by atoms with Gasteiger partial charge in [-0.25, -0.2) is 4.79 Å². The fraction of sp³-hybridized carbons (Fsp3) is 0.533. The normalized spacial score (nSPS) is 23.9. The Morgan fingerprint density at radius 1 is 1.37 bits per heavy atom. The summed E-state index contributed by atoms with van der Waals surface area (Å²) in [6.07, 6.45) is 2.30. The maximum Gasteiger partial charge on any atom is 0.337 e. The Labute approximate surface area is 114 Å². The molecule has 19 heavy (non-hydrogen) atoms. The maximum atomic E-state index is 11.3. The number of benzene rings is 1. The molecule has 2 rings (SSSR count). The summed E-state index contributed by atoms with van der Waals surface area (Å²) in [6, 6.07) is 8.60. The number of piperidine rings is 1. The second kappa shape index (κ2) is 6.06. The molecule has 104 valence electrons. The summed E-state index contributed by atoms with van der Waals surface area (Å²) >= 11 is 0. The molecular weight excluding hydrogens is 240 g/mol. The summed E-state index contributed by atoms with van der Waals surface area (Å²) < 4.78 is 4.69. The van der Waals surface area contributed by atoms with E-state index >= 15 is 0 Å². The number of rotatable bonds is 3. The van der Waals surface area contributed by atoms with Gasteiger partial charge in [0.1, 0.15) is 0 Å². The average Bonchev–Trinajstić information content (AvgIpc) is 2.43. The third-order valence-electron chi connectivity index (χ3n) is 3.89. The van der Waals surface area contributed by atoms with Crippen LogP contribution in [0.15, 0.2) is 24.3 Å². The Hall–Kier alpha value is -1.55. The summed E-state index contributed by atoms with van der Waals surface area (Å²) in [5.41, 5.74) is 1.65. The first-order valence-corrected chi connectivity index (χ1v) is 6.75. The molecule has 0 aromatic heterocycles. The maximum absolute atomic E-state index is 11.3. The van der Waals surface area contributed by atoms with Crippen LogP contribution in [0.5, 0.6) is 0 Å². The van der Waals surface area contributed by atoms with E-state index in [0.717, 1.165) is 25.1 Å². The van der Waals surface area contributed by atoms with Gasteiger partial charge in [-0.2, -0.15) is 0 Å². The Bertz CT molecular complexity index is 430. The van der Waals surface area contributed by atoms with Gasteiger partial charge >= 0.3 is 5.97 Å². The Kier molecular flexibility index (Phi) is 4.43. The molecule has 1 aromatic rings. The number of hydrogen-bond acceptors (Lipinski definition) is 4. The molecule has 0 amide bonds. The lowest BCUT2D eigenvalue weighted by atomic mass is 9.98. The minimum absolute atomic E-state index is 0.292. The van der Waals surface area contributed by atoms with Gasteiger partial charge in [0.2, 0.25) is 0 Å². The molecular formula is C15H22N2O2. The second-order valence-corrected chi connectivity index (χ2v) is 5.26. The van der Waals surface area contributed by atoms with Crippen LogP contribution in [0.4, 0.5) is 5.69 Å². The van der Waals surface area contributed by atoms with E-state index in [1.807, 2.05) is 12.1 Å². The largest absolute Gasteiger partial charge is 0.465 e. The van der Waals surface area contributed by atoms with Crippen LogP contribution in [0, 0.1) is 0 Å². The Morgan fingerprint density at radius 3 is 2.63 bits per heavy atom. The van der Waals surface area contributed by atoms with Crippen molar-refractivity contribution in [2.75, 3.05) is 26.0 Å². The van der Waals surface area contributed by atoms with Gasteiger partial charge in [0.25, 0.3) is 0 Å². The van der Waals surface area contributed by atoms with E-state index in [9.17, 15) is 4.79 Å². The molecule has 1 aromatic carbocycles. The molecule has 0 bridgehead atoms. The molecule has 0 saturated carbocycles. The van der Waals surface area contributed by atoms with Crippen molar-refractivity contribution in [3.63, 3.8) is 0 Å². The summed E-state index contributed by atoms with van der Waals surface area (Å²) in [6.45, 7) is 3.38. The third-order valence-corrected chi connectivity index (χ3v) is 3.89. The van der Waals surface area contributed by atoms with Crippen LogP contribution in [0.25, 0.3) is 0 Å². The van der Waals surface area contributed by atoms with Crippen LogP contribution in [0.3, 0.4) is 0 Å². The lowest BCUT2D eigenvalue weighted by molar-refractivity contribution is 0.0601. The lowest BCUT2D eigenvalue weighted by Gasteiger charge is -2.35. The van der Waals surface area contributed by atoms with E-state index in [-0.39, 0.29) is 5.97 Å². The summed E-state index contributed by atoms with van der Waals surface area (Å²) in [4.78, 5) is 13.7. The quantitative estimate of drug-likeness (QED) is 0.849. The SMILES string of the molecule is COC(=O)c1ccc(NC2CCN(C)C(C)C2)cc1. The highest BCUT2D eigenvalue weighted by Crippen LogP contribution is 2.20. The summed E-state index contributed by atoms with van der Waals surface area (Å²) in [7, 11) is 3.57. The van der Waals surface area contributed by atoms with Crippen molar-refractivity contribution in [3.8, 4) is 0 Å². The first-order valence-electron chi connectivity index (χ1n) is 6.75. The summed E-state index contributed by atoms with van der Waals surface area (Å²) in [5.74, 6) is -0.292. The molecule has 0 spiro atoms. The Morgan fingerprint density at radius 2 is 2.05 bits per heavy atom. The van der Waals surface area contributed by atoms with Crippen LogP contribution in [0.1, 0.15) is 30.1 Å². The van der Waals surface area contributed by atoms with E-state index in [1.165, 1.54) is 7.11 Å². The van der Waals surface area contributed by atoms with Crippen LogP contribution in [-0.4, -0.2) is 43.7 Å². The first-order chi connectivity index (χ1) is 9.10. The predicted octanol–water partition coefficient (Wildman–Crippen LogP) is 2.37. The van der Waals surface area contributed by atoms with E-state index < -0.39 is 0 Å². The van der Waals surface area contributed by atoms with Gasteiger partial charge in [-0.05, 0) is 51.1 Å². The molecule has 4 nitrogen and oxygen atoms in total. The zero-order valence-electron chi connectivity index (χ0n) is 11.8. The van der Waals surface area contributed by atoms with Gasteiger partial charge in [-0.3, -0.25) is 0 Å². The van der Waals surface area contributed by atoms with E-state index in [4.69, 9.17) is 0 Å². The minimum atomic E-state index is -0.292. The topological polar surface area (TPSA) is 41.6 Å². The predicted molar refractivity (Wildman–Crippen MR) is 76.5 cm³/mol. The van der Waals surface area contributed by atoms with E-state index in [0.29, 0.717) is 17.6 Å². The van der Waals surface area contributed by atoms with Crippen molar-refractivity contribution in [2.45, 2.75) is 31.8 Å². The van der Waals surface area contributed by atoms with Gasteiger partial charge < -0.3 is 15.0 Å². The van der Waals surface area contributed by atoms with E-state index in [2.05, 4.69) is 28.9 Å². The van der Waals surface area contributed by atoms with Gasteiger partial charge in [-0.15, -0.1) is 0 Å². The second-order valence-electron chi connectivity index (χ2n) is 5.26. The molecule has 0 radical (unpaired) electrons. The molecule has 2 atom stereocenters. The molecule has 4 heteroatoms. The number of anilines is 1. The standard InChI is InChI=1S/C15H22N2O2/c1-11-10-14(8-9-17(11)2)16-13-6-4-12(5-7-13)15(18)19-3/h4-7,11,14,16H,8-10H2,1-3H3. The number of likely N-dealkylation sites (tertiary alicyclic amines) is 1. The minimum Gasteiger partial charge on any atom is -0.465 e. The number of methoxy groups -OCH3 is 1. The van der Waals surface area contributed by atoms with Crippen molar-refractivity contribution >= 4 is 11.7 Å². The van der Waals surface area contributed by atoms with Crippen molar-refractivity contribution < 1.29 is 9.53 Å². The molecule has 1 aliphatic heterocycles. The number of nitrogens with zero attached hydrogens (tertiary/aromatic N) is 1. The number of carbonyl (C=O) groups is 1. The van der Waals surface area contributed by atoms with Crippen molar-refractivity contribution in [3.05, 3.63) is 29.8 Å². The fourth-order valence-electron chi connectivity index (χ4n) is 2.48.